The van der Waals surface area contributed by atoms with E-state index in [0.29, 0.717) is 22.8 Å². The number of carbonyl (C=O) groups is 2. The minimum atomic E-state index is -0.995. The Morgan fingerprint density at radius 2 is 1.82 bits per heavy atom. The summed E-state index contributed by atoms with van der Waals surface area (Å²) in [6.45, 7) is -0.400. The van der Waals surface area contributed by atoms with Crippen molar-refractivity contribution in [3.8, 4) is 5.75 Å². The van der Waals surface area contributed by atoms with Gasteiger partial charge in [-0.3, -0.25) is 4.79 Å². The van der Waals surface area contributed by atoms with Gasteiger partial charge in [-0.05, 0) is 41.8 Å². The molecule has 5 rings (SSSR count). The molecule has 0 atom stereocenters. The van der Waals surface area contributed by atoms with Crippen molar-refractivity contribution in [3.63, 3.8) is 0 Å². The Balaban J connectivity index is 1.32. The van der Waals surface area contributed by atoms with Crippen molar-refractivity contribution < 1.29 is 23.1 Å². The summed E-state index contributed by atoms with van der Waals surface area (Å²) in [6, 6.07) is 15.6. The fourth-order valence-electron chi connectivity index (χ4n) is 3.72. The minimum Gasteiger partial charge on any atom is -0.481 e. The van der Waals surface area contributed by atoms with Crippen LogP contribution in [-0.2, 0) is 11.3 Å². The summed E-state index contributed by atoms with van der Waals surface area (Å²) < 4.78 is 33.2. The van der Waals surface area contributed by atoms with Gasteiger partial charge in [0.15, 0.2) is 18.2 Å². The number of ether oxygens (including phenoxy) is 1. The number of nitrogens with one attached hydrogen (secondary N) is 3. The van der Waals surface area contributed by atoms with Gasteiger partial charge < -0.3 is 25.3 Å². The summed E-state index contributed by atoms with van der Waals surface area (Å²) in [7, 11) is 0. The number of hydrogen-bond donors (Lipinski definition) is 3. The van der Waals surface area contributed by atoms with Crippen LogP contribution in [0.1, 0.15) is 5.56 Å². The third-order valence-electron chi connectivity index (χ3n) is 5.33. The van der Waals surface area contributed by atoms with Crippen LogP contribution in [0.5, 0.6) is 5.75 Å². The van der Waals surface area contributed by atoms with Crippen LogP contribution in [0.15, 0.2) is 66.9 Å². The lowest BCUT2D eigenvalue weighted by Gasteiger charge is -2.30. The molecule has 1 aliphatic rings. The van der Waals surface area contributed by atoms with Gasteiger partial charge in [0.2, 0.25) is 0 Å². The number of anilines is 3. The van der Waals surface area contributed by atoms with Crippen LogP contribution in [-0.4, -0.2) is 23.5 Å². The summed E-state index contributed by atoms with van der Waals surface area (Å²) >= 11 is 0. The third-order valence-corrected chi connectivity index (χ3v) is 5.33. The van der Waals surface area contributed by atoms with E-state index < -0.39 is 17.7 Å². The number of rotatable bonds is 4. The second-order valence-electron chi connectivity index (χ2n) is 7.52. The first-order chi connectivity index (χ1) is 16.0. The molecule has 0 unspecified atom stereocenters. The van der Waals surface area contributed by atoms with E-state index in [9.17, 15) is 18.4 Å². The molecule has 0 spiro atoms. The Morgan fingerprint density at radius 1 is 1.03 bits per heavy atom. The normalized spacial score (nSPS) is 12.9. The number of halogens is 2. The molecule has 3 aromatic carbocycles. The molecule has 0 saturated heterocycles. The largest absolute Gasteiger partial charge is 0.481 e. The molecule has 0 aliphatic carbocycles. The molecule has 2 heterocycles. The summed E-state index contributed by atoms with van der Waals surface area (Å²) in [5, 5.41) is 6.51. The van der Waals surface area contributed by atoms with Crippen LogP contribution in [0.3, 0.4) is 0 Å². The predicted molar refractivity (Wildman–Crippen MR) is 120 cm³/mol. The molecule has 0 radical (unpaired) electrons. The van der Waals surface area contributed by atoms with Gasteiger partial charge in [-0.25, -0.2) is 13.6 Å². The second kappa shape index (κ2) is 8.27. The van der Waals surface area contributed by atoms with Gasteiger partial charge in [0.1, 0.15) is 5.75 Å². The number of benzene rings is 3. The van der Waals surface area contributed by atoms with Crippen molar-refractivity contribution in [1.29, 1.82) is 0 Å². The first-order valence-corrected chi connectivity index (χ1v) is 10.1. The molecule has 7 nitrogen and oxygen atoms in total. The SMILES string of the molecule is O=C(Nc1ccc2c(c1)OCC(=O)N2Cc1cccc(F)c1F)Nc1ccc2cc[nH]c2c1. The van der Waals surface area contributed by atoms with Crippen molar-refractivity contribution in [3.05, 3.63) is 84.1 Å². The Kier molecular flexibility index (Phi) is 5.14. The van der Waals surface area contributed by atoms with Crippen molar-refractivity contribution in [2.24, 2.45) is 0 Å². The molecule has 166 valence electrons. The van der Waals surface area contributed by atoms with Gasteiger partial charge >= 0.3 is 6.03 Å². The number of H-pyrrole nitrogens is 1. The smallest absolute Gasteiger partial charge is 0.323 e. The molecule has 1 aromatic heterocycles. The fraction of sp³-hybridized carbons (Fsp3) is 0.0833. The highest BCUT2D eigenvalue weighted by Gasteiger charge is 2.27. The molecule has 33 heavy (non-hydrogen) atoms. The third kappa shape index (κ3) is 4.08. The summed E-state index contributed by atoms with van der Waals surface area (Å²) in [5.41, 5.74) is 2.41. The number of nitrogens with zero attached hydrogens (tertiary/aromatic N) is 1. The summed E-state index contributed by atoms with van der Waals surface area (Å²) in [6.07, 6.45) is 1.82. The highest BCUT2D eigenvalue weighted by atomic mass is 19.2. The molecular formula is C24H18F2N4O3. The summed E-state index contributed by atoms with van der Waals surface area (Å²) in [4.78, 5) is 29.2. The maximum atomic E-state index is 14.1. The van der Waals surface area contributed by atoms with Crippen LogP contribution in [0, 0.1) is 11.6 Å². The van der Waals surface area contributed by atoms with Crippen molar-refractivity contribution in [1.82, 2.24) is 4.98 Å². The van der Waals surface area contributed by atoms with Gasteiger partial charge in [0, 0.05) is 34.7 Å². The van der Waals surface area contributed by atoms with Crippen LogP contribution in [0.25, 0.3) is 10.9 Å². The maximum absolute atomic E-state index is 14.1. The topological polar surface area (TPSA) is 86.5 Å². The molecule has 4 aromatic rings. The molecule has 0 fully saturated rings. The van der Waals surface area contributed by atoms with E-state index in [4.69, 9.17) is 4.74 Å². The lowest BCUT2D eigenvalue weighted by atomic mass is 10.1. The monoisotopic (exact) mass is 448 g/mol. The zero-order valence-electron chi connectivity index (χ0n) is 17.2. The van der Waals surface area contributed by atoms with Crippen LogP contribution in [0.4, 0.5) is 30.6 Å². The van der Waals surface area contributed by atoms with E-state index in [1.54, 1.807) is 24.3 Å². The Morgan fingerprint density at radius 3 is 2.67 bits per heavy atom. The van der Waals surface area contributed by atoms with Gasteiger partial charge in [0.25, 0.3) is 5.91 Å². The maximum Gasteiger partial charge on any atom is 0.323 e. The van der Waals surface area contributed by atoms with Crippen LogP contribution < -0.4 is 20.3 Å². The lowest BCUT2D eigenvalue weighted by Crippen LogP contribution is -2.38. The number of urea groups is 1. The highest BCUT2D eigenvalue weighted by molar-refractivity contribution is 6.02. The number of aromatic nitrogens is 1. The lowest BCUT2D eigenvalue weighted by molar-refractivity contribution is -0.121. The second-order valence-corrected chi connectivity index (χ2v) is 7.52. The predicted octanol–water partition coefficient (Wildman–Crippen LogP) is 5.02. The fourth-order valence-corrected chi connectivity index (χ4v) is 3.72. The van der Waals surface area contributed by atoms with Crippen LogP contribution >= 0.6 is 0 Å². The average Bonchev–Trinajstić information content (AvgIpc) is 3.26. The van der Waals surface area contributed by atoms with E-state index in [2.05, 4.69) is 15.6 Å². The Bertz CT molecular complexity index is 1390. The first-order valence-electron chi connectivity index (χ1n) is 10.1. The van der Waals surface area contributed by atoms with Crippen molar-refractivity contribution in [2.75, 3.05) is 22.1 Å². The van der Waals surface area contributed by atoms with Gasteiger partial charge in [-0.15, -0.1) is 0 Å². The zero-order valence-corrected chi connectivity index (χ0v) is 17.2. The summed E-state index contributed by atoms with van der Waals surface area (Å²) in [5.74, 6) is -2.01. The quantitative estimate of drug-likeness (QED) is 0.410. The van der Waals surface area contributed by atoms with Gasteiger partial charge in [0.05, 0.1) is 12.2 Å². The number of aromatic amines is 1. The van der Waals surface area contributed by atoms with Crippen molar-refractivity contribution in [2.45, 2.75) is 6.54 Å². The van der Waals surface area contributed by atoms with E-state index in [0.717, 1.165) is 17.0 Å². The highest BCUT2D eigenvalue weighted by Crippen LogP contribution is 2.36. The van der Waals surface area contributed by atoms with Crippen LogP contribution in [0.2, 0.25) is 0 Å². The molecule has 0 saturated carbocycles. The molecule has 3 amide bonds. The molecule has 1 aliphatic heterocycles. The number of amides is 3. The Hall–Kier alpha value is -4.40. The van der Waals surface area contributed by atoms with E-state index >= 15 is 0 Å². The van der Waals surface area contributed by atoms with Gasteiger partial charge in [-0.2, -0.15) is 0 Å². The Labute approximate surface area is 187 Å². The zero-order chi connectivity index (χ0) is 22.9. The van der Waals surface area contributed by atoms with Gasteiger partial charge in [-0.1, -0.05) is 18.2 Å². The molecule has 9 heteroatoms. The van der Waals surface area contributed by atoms with E-state index in [-0.39, 0.29) is 24.6 Å². The number of hydrogen-bond acceptors (Lipinski definition) is 3. The number of fused-ring (bicyclic) bond motifs is 2. The van der Waals surface area contributed by atoms with Crippen molar-refractivity contribution >= 4 is 39.9 Å². The first kappa shape index (κ1) is 20.5. The molecule has 3 N–H and O–H groups in total. The van der Waals surface area contributed by atoms with E-state index in [1.165, 1.54) is 17.0 Å². The average molecular weight is 448 g/mol. The molecular weight excluding hydrogens is 430 g/mol. The molecule has 0 bridgehead atoms. The minimum absolute atomic E-state index is 0.0526. The standard InChI is InChI=1S/C24H18F2N4O3/c25-18-3-1-2-15(23(18)26)12-30-20-7-6-17(11-21(20)33-13-22(30)31)29-24(32)28-16-5-4-14-8-9-27-19(14)10-16/h1-11,27H,12-13H2,(H2,28,29,32). The number of carbonyl (C=O) groups excluding carboxylic acids is 2. The van der Waals surface area contributed by atoms with E-state index in [1.807, 2.05) is 24.4 Å².